The fourth-order valence-electron chi connectivity index (χ4n) is 1.82. The Bertz CT molecular complexity index is 541. The molecule has 0 bridgehead atoms. The summed E-state index contributed by atoms with van der Waals surface area (Å²) in [5, 5.41) is 0.626. The Morgan fingerprint density at radius 1 is 0.833 bits per heavy atom. The van der Waals surface area contributed by atoms with Crippen molar-refractivity contribution in [1.29, 1.82) is 0 Å². The van der Waals surface area contributed by atoms with Crippen molar-refractivity contribution in [2.75, 3.05) is 0 Å². The lowest BCUT2D eigenvalue weighted by molar-refractivity contribution is 0.455. The second-order valence-corrected chi connectivity index (χ2v) is 5.69. The smallest absolute Gasteiger partial charge is 0.146 e. The van der Waals surface area contributed by atoms with Crippen LogP contribution < -0.4 is 4.74 Å². The zero-order valence-corrected chi connectivity index (χ0v) is 11.7. The van der Waals surface area contributed by atoms with Gasteiger partial charge in [-0.3, -0.25) is 0 Å². The summed E-state index contributed by atoms with van der Waals surface area (Å²) >= 11 is 6.12. The summed E-state index contributed by atoms with van der Waals surface area (Å²) in [7, 11) is 0. The van der Waals surface area contributed by atoms with Crippen LogP contribution in [0.3, 0.4) is 0 Å². The molecular weight excluding hydrogens is 244 g/mol. The maximum absolute atomic E-state index is 6.12. The molecule has 0 saturated heterocycles. The van der Waals surface area contributed by atoms with E-state index in [2.05, 4.69) is 26.8 Å². The second-order valence-electron chi connectivity index (χ2n) is 5.28. The molecule has 94 valence electrons. The van der Waals surface area contributed by atoms with E-state index in [1.165, 1.54) is 5.56 Å². The lowest BCUT2D eigenvalue weighted by Crippen LogP contribution is -2.12. The standard InChI is InChI=1S/C16H17ClO/c1-16(2,3)12-8-4-6-10-14(12)18-15-11-7-5-9-13(15)17/h4-11H,1-3H3. The molecule has 0 radical (unpaired) electrons. The summed E-state index contributed by atoms with van der Waals surface area (Å²) in [5.41, 5.74) is 1.21. The topological polar surface area (TPSA) is 9.23 Å². The van der Waals surface area contributed by atoms with Crippen molar-refractivity contribution < 1.29 is 4.74 Å². The van der Waals surface area contributed by atoms with Crippen LogP contribution in [0.5, 0.6) is 11.5 Å². The first-order valence-corrected chi connectivity index (χ1v) is 6.38. The molecule has 0 spiro atoms. The molecule has 0 aliphatic heterocycles. The predicted octanol–water partition coefficient (Wildman–Crippen LogP) is 5.43. The molecule has 18 heavy (non-hydrogen) atoms. The Morgan fingerprint density at radius 2 is 1.39 bits per heavy atom. The van der Waals surface area contributed by atoms with Crippen LogP contribution >= 0.6 is 11.6 Å². The van der Waals surface area contributed by atoms with Gasteiger partial charge >= 0.3 is 0 Å². The minimum absolute atomic E-state index is 0.0395. The maximum Gasteiger partial charge on any atom is 0.146 e. The molecule has 0 atom stereocenters. The van der Waals surface area contributed by atoms with Gasteiger partial charge in [-0.2, -0.15) is 0 Å². The summed E-state index contributed by atoms with van der Waals surface area (Å²) in [5.74, 6) is 1.55. The van der Waals surface area contributed by atoms with Crippen LogP contribution in [0, 0.1) is 0 Å². The van der Waals surface area contributed by atoms with E-state index in [0.717, 1.165) is 5.75 Å². The highest BCUT2D eigenvalue weighted by Crippen LogP contribution is 2.36. The molecule has 0 aliphatic rings. The van der Waals surface area contributed by atoms with E-state index in [0.29, 0.717) is 10.8 Å². The highest BCUT2D eigenvalue weighted by molar-refractivity contribution is 6.32. The van der Waals surface area contributed by atoms with E-state index >= 15 is 0 Å². The molecule has 0 heterocycles. The molecule has 2 aromatic carbocycles. The van der Waals surface area contributed by atoms with Crippen molar-refractivity contribution in [3.8, 4) is 11.5 Å². The molecule has 0 fully saturated rings. The number of halogens is 1. The van der Waals surface area contributed by atoms with Gasteiger partial charge in [0.15, 0.2) is 0 Å². The van der Waals surface area contributed by atoms with Gasteiger partial charge < -0.3 is 4.74 Å². The summed E-state index contributed by atoms with van der Waals surface area (Å²) < 4.78 is 5.93. The molecular formula is C16H17ClO. The van der Waals surface area contributed by atoms with Gasteiger partial charge in [0.05, 0.1) is 5.02 Å². The van der Waals surface area contributed by atoms with E-state index in [1.807, 2.05) is 42.5 Å². The third-order valence-corrected chi connectivity index (χ3v) is 3.06. The average Bonchev–Trinajstić information content (AvgIpc) is 2.31. The van der Waals surface area contributed by atoms with Gasteiger partial charge in [-0.15, -0.1) is 0 Å². The summed E-state index contributed by atoms with van der Waals surface area (Å²) in [6.45, 7) is 6.51. The van der Waals surface area contributed by atoms with Gasteiger partial charge in [0, 0.05) is 5.56 Å². The van der Waals surface area contributed by atoms with Crippen molar-refractivity contribution in [2.45, 2.75) is 26.2 Å². The Labute approximate surface area is 113 Å². The van der Waals surface area contributed by atoms with Crippen LogP contribution in [0.15, 0.2) is 48.5 Å². The Hall–Kier alpha value is -1.47. The molecule has 0 aliphatic carbocycles. The van der Waals surface area contributed by atoms with E-state index in [-0.39, 0.29) is 5.41 Å². The van der Waals surface area contributed by atoms with Gasteiger partial charge in [0.1, 0.15) is 11.5 Å². The number of benzene rings is 2. The predicted molar refractivity (Wildman–Crippen MR) is 76.7 cm³/mol. The fraction of sp³-hybridized carbons (Fsp3) is 0.250. The first-order chi connectivity index (χ1) is 8.48. The van der Waals surface area contributed by atoms with Gasteiger partial charge in [0.25, 0.3) is 0 Å². The van der Waals surface area contributed by atoms with Gasteiger partial charge in [-0.05, 0) is 23.6 Å². The Balaban J connectivity index is 2.39. The zero-order chi connectivity index (χ0) is 13.2. The number of para-hydroxylation sites is 2. The summed E-state index contributed by atoms with van der Waals surface area (Å²) in [6.07, 6.45) is 0. The molecule has 0 unspecified atom stereocenters. The highest BCUT2D eigenvalue weighted by atomic mass is 35.5. The molecule has 2 aromatic rings. The minimum atomic E-state index is 0.0395. The van der Waals surface area contributed by atoms with Gasteiger partial charge in [-0.25, -0.2) is 0 Å². The zero-order valence-electron chi connectivity index (χ0n) is 10.9. The Morgan fingerprint density at radius 3 is 2.00 bits per heavy atom. The molecule has 0 N–H and O–H groups in total. The quantitative estimate of drug-likeness (QED) is 0.700. The highest BCUT2D eigenvalue weighted by Gasteiger charge is 2.19. The van der Waals surface area contributed by atoms with Crippen molar-refractivity contribution in [2.24, 2.45) is 0 Å². The number of rotatable bonds is 2. The van der Waals surface area contributed by atoms with E-state index < -0.39 is 0 Å². The monoisotopic (exact) mass is 260 g/mol. The van der Waals surface area contributed by atoms with Crippen LogP contribution in [0.4, 0.5) is 0 Å². The number of hydrogen-bond donors (Lipinski definition) is 0. The van der Waals surface area contributed by atoms with Gasteiger partial charge in [-0.1, -0.05) is 62.7 Å². The lowest BCUT2D eigenvalue weighted by Gasteiger charge is -2.22. The van der Waals surface area contributed by atoms with Crippen molar-refractivity contribution in [3.63, 3.8) is 0 Å². The number of ether oxygens (including phenoxy) is 1. The molecule has 0 amide bonds. The third kappa shape index (κ3) is 2.85. The lowest BCUT2D eigenvalue weighted by atomic mass is 9.86. The molecule has 1 nitrogen and oxygen atoms in total. The van der Waals surface area contributed by atoms with E-state index in [1.54, 1.807) is 0 Å². The fourth-order valence-corrected chi connectivity index (χ4v) is 2.00. The minimum Gasteiger partial charge on any atom is -0.455 e. The first kappa shape index (κ1) is 13.0. The molecule has 0 aromatic heterocycles. The maximum atomic E-state index is 6.12. The normalized spacial score (nSPS) is 11.3. The molecule has 2 heteroatoms. The van der Waals surface area contributed by atoms with Crippen molar-refractivity contribution in [3.05, 3.63) is 59.1 Å². The summed E-state index contributed by atoms with van der Waals surface area (Å²) in [4.78, 5) is 0. The van der Waals surface area contributed by atoms with Gasteiger partial charge in [0.2, 0.25) is 0 Å². The van der Waals surface area contributed by atoms with Crippen LogP contribution in [-0.4, -0.2) is 0 Å². The van der Waals surface area contributed by atoms with Crippen LogP contribution in [0.25, 0.3) is 0 Å². The first-order valence-electron chi connectivity index (χ1n) is 6.00. The summed E-state index contributed by atoms with van der Waals surface area (Å²) in [6, 6.07) is 15.6. The second kappa shape index (κ2) is 5.03. The van der Waals surface area contributed by atoms with Crippen molar-refractivity contribution >= 4 is 11.6 Å². The number of hydrogen-bond acceptors (Lipinski definition) is 1. The van der Waals surface area contributed by atoms with Crippen LogP contribution in [-0.2, 0) is 5.41 Å². The van der Waals surface area contributed by atoms with E-state index in [4.69, 9.17) is 16.3 Å². The van der Waals surface area contributed by atoms with Crippen LogP contribution in [0.1, 0.15) is 26.3 Å². The van der Waals surface area contributed by atoms with E-state index in [9.17, 15) is 0 Å². The largest absolute Gasteiger partial charge is 0.455 e. The average molecular weight is 261 g/mol. The van der Waals surface area contributed by atoms with Crippen LogP contribution in [0.2, 0.25) is 5.02 Å². The third-order valence-electron chi connectivity index (χ3n) is 2.75. The molecule has 2 rings (SSSR count). The molecule has 0 saturated carbocycles. The SMILES string of the molecule is CC(C)(C)c1ccccc1Oc1ccccc1Cl. The Kier molecular flexibility index (Phi) is 3.63. The van der Waals surface area contributed by atoms with Crippen molar-refractivity contribution in [1.82, 2.24) is 0 Å².